The SMILES string of the molecule is COc1ccc(NC(=O)COC(=O)c2ccc(N3C(=O)[C@@H]4[C@@H]5C[C@@H]([C@@H]4C3=O)[C@H](c3ccccc3)C5)cc2)c(OC)c1. The largest absolute Gasteiger partial charge is 0.497 e. The van der Waals surface area contributed by atoms with Crippen molar-refractivity contribution in [3.05, 3.63) is 83.9 Å². The summed E-state index contributed by atoms with van der Waals surface area (Å²) in [6.07, 6.45) is 1.83. The van der Waals surface area contributed by atoms with Gasteiger partial charge in [0.15, 0.2) is 6.61 Å². The predicted molar refractivity (Wildman–Crippen MR) is 150 cm³/mol. The van der Waals surface area contributed by atoms with Gasteiger partial charge in [-0.15, -0.1) is 0 Å². The number of amides is 3. The molecular formula is C32H30N2O7. The van der Waals surface area contributed by atoms with E-state index in [1.54, 1.807) is 30.3 Å². The Bertz CT molecular complexity index is 1500. The van der Waals surface area contributed by atoms with Gasteiger partial charge in [-0.25, -0.2) is 4.79 Å². The molecule has 0 radical (unpaired) electrons. The fraction of sp³-hybridized carbons (Fsp3) is 0.312. The van der Waals surface area contributed by atoms with Crippen LogP contribution >= 0.6 is 0 Å². The molecule has 3 aromatic carbocycles. The lowest BCUT2D eigenvalue weighted by Gasteiger charge is -2.28. The number of imide groups is 1. The summed E-state index contributed by atoms with van der Waals surface area (Å²) < 4.78 is 15.6. The topological polar surface area (TPSA) is 111 Å². The Morgan fingerprint density at radius 1 is 0.878 bits per heavy atom. The minimum atomic E-state index is -0.701. The molecule has 3 aliphatic rings. The summed E-state index contributed by atoms with van der Waals surface area (Å²) in [7, 11) is 2.99. The summed E-state index contributed by atoms with van der Waals surface area (Å²) in [6.45, 7) is -0.506. The van der Waals surface area contributed by atoms with Gasteiger partial charge in [-0.05, 0) is 72.6 Å². The summed E-state index contributed by atoms with van der Waals surface area (Å²) in [6, 6.07) is 21.3. The maximum atomic E-state index is 13.5. The Labute approximate surface area is 237 Å². The molecule has 3 fully saturated rings. The second-order valence-electron chi connectivity index (χ2n) is 10.7. The lowest BCUT2D eigenvalue weighted by molar-refractivity contribution is -0.123. The Balaban J connectivity index is 1.08. The smallest absolute Gasteiger partial charge is 0.338 e. The van der Waals surface area contributed by atoms with Crippen molar-refractivity contribution < 1.29 is 33.4 Å². The molecule has 2 aliphatic carbocycles. The van der Waals surface area contributed by atoms with Gasteiger partial charge in [0.25, 0.3) is 5.91 Å². The second kappa shape index (κ2) is 10.7. The first-order chi connectivity index (χ1) is 19.9. The molecule has 0 unspecified atom stereocenters. The van der Waals surface area contributed by atoms with Gasteiger partial charge in [0.1, 0.15) is 11.5 Å². The fourth-order valence-corrected chi connectivity index (χ4v) is 6.85. The van der Waals surface area contributed by atoms with Crippen LogP contribution in [0.2, 0.25) is 0 Å². The normalized spacial score (nSPS) is 24.2. The number of nitrogens with zero attached hydrogens (tertiary/aromatic N) is 1. The summed E-state index contributed by atoms with van der Waals surface area (Å²) in [4.78, 5) is 53.2. The number of ether oxygens (including phenoxy) is 3. The molecule has 0 spiro atoms. The third kappa shape index (κ3) is 4.71. The van der Waals surface area contributed by atoms with Crippen LogP contribution in [-0.4, -0.2) is 44.5 Å². The van der Waals surface area contributed by atoms with Crippen molar-refractivity contribution in [1.29, 1.82) is 0 Å². The van der Waals surface area contributed by atoms with Crippen LogP contribution in [0.5, 0.6) is 11.5 Å². The van der Waals surface area contributed by atoms with Crippen molar-refractivity contribution in [2.45, 2.75) is 18.8 Å². The van der Waals surface area contributed by atoms with Crippen LogP contribution in [0.1, 0.15) is 34.7 Å². The minimum Gasteiger partial charge on any atom is -0.497 e. The van der Waals surface area contributed by atoms with Gasteiger partial charge in [-0.2, -0.15) is 0 Å². The highest BCUT2D eigenvalue weighted by molar-refractivity contribution is 6.22. The average Bonchev–Trinajstić information content (AvgIpc) is 3.67. The molecule has 9 nitrogen and oxygen atoms in total. The number of carbonyl (C=O) groups is 4. The van der Waals surface area contributed by atoms with Crippen molar-refractivity contribution in [1.82, 2.24) is 0 Å². The van der Waals surface area contributed by atoms with Gasteiger partial charge in [0, 0.05) is 6.07 Å². The van der Waals surface area contributed by atoms with Crippen LogP contribution in [0.3, 0.4) is 0 Å². The fourth-order valence-electron chi connectivity index (χ4n) is 6.85. The number of rotatable bonds is 8. The zero-order valence-electron chi connectivity index (χ0n) is 22.7. The Hall–Kier alpha value is -4.66. The Kier molecular flexibility index (Phi) is 6.95. The van der Waals surface area contributed by atoms with Crippen LogP contribution in [0.4, 0.5) is 11.4 Å². The zero-order chi connectivity index (χ0) is 28.7. The molecular weight excluding hydrogens is 524 g/mol. The van der Waals surface area contributed by atoms with Crippen molar-refractivity contribution in [3.63, 3.8) is 0 Å². The van der Waals surface area contributed by atoms with Crippen LogP contribution in [0.15, 0.2) is 72.8 Å². The van der Waals surface area contributed by atoms with E-state index in [0.717, 1.165) is 12.8 Å². The number of methoxy groups -OCH3 is 2. The lowest BCUT2D eigenvalue weighted by Crippen LogP contribution is -2.33. The number of fused-ring (bicyclic) bond motifs is 5. The van der Waals surface area contributed by atoms with Crippen molar-refractivity contribution in [3.8, 4) is 11.5 Å². The van der Waals surface area contributed by atoms with E-state index in [1.807, 2.05) is 18.2 Å². The monoisotopic (exact) mass is 554 g/mol. The zero-order valence-corrected chi connectivity index (χ0v) is 22.7. The maximum absolute atomic E-state index is 13.5. The first kappa shape index (κ1) is 26.6. The molecule has 1 saturated heterocycles. The summed E-state index contributed by atoms with van der Waals surface area (Å²) in [5.41, 5.74) is 2.28. The number of benzene rings is 3. The third-order valence-electron chi connectivity index (χ3n) is 8.62. The maximum Gasteiger partial charge on any atom is 0.338 e. The van der Waals surface area contributed by atoms with Crippen LogP contribution in [0, 0.1) is 23.7 Å². The Morgan fingerprint density at radius 2 is 1.61 bits per heavy atom. The van der Waals surface area contributed by atoms with Crippen molar-refractivity contribution >= 4 is 35.1 Å². The number of anilines is 2. The summed E-state index contributed by atoms with van der Waals surface area (Å²) in [5, 5.41) is 2.64. The lowest BCUT2D eigenvalue weighted by atomic mass is 9.73. The van der Waals surface area contributed by atoms with E-state index >= 15 is 0 Å². The van der Waals surface area contributed by atoms with Gasteiger partial charge < -0.3 is 19.5 Å². The molecule has 5 atom stereocenters. The van der Waals surface area contributed by atoms with Gasteiger partial charge in [-0.3, -0.25) is 19.3 Å². The first-order valence-corrected chi connectivity index (χ1v) is 13.6. The first-order valence-electron chi connectivity index (χ1n) is 13.6. The minimum absolute atomic E-state index is 0.153. The van der Waals surface area contributed by atoms with Crippen molar-refractivity contribution in [2.24, 2.45) is 23.7 Å². The van der Waals surface area contributed by atoms with E-state index in [4.69, 9.17) is 14.2 Å². The average molecular weight is 555 g/mol. The van der Waals surface area contributed by atoms with Gasteiger partial charge in [0.05, 0.1) is 43.0 Å². The third-order valence-corrected chi connectivity index (χ3v) is 8.62. The molecule has 9 heteroatoms. The highest BCUT2D eigenvalue weighted by Gasteiger charge is 2.64. The van der Waals surface area contributed by atoms with Gasteiger partial charge in [-0.1, -0.05) is 30.3 Å². The summed E-state index contributed by atoms with van der Waals surface area (Å²) >= 11 is 0. The molecule has 210 valence electrons. The number of nitrogens with one attached hydrogen (secondary N) is 1. The molecule has 1 N–H and O–H groups in total. The molecule has 41 heavy (non-hydrogen) atoms. The van der Waals surface area contributed by atoms with Crippen LogP contribution in [0.25, 0.3) is 0 Å². The highest BCUT2D eigenvalue weighted by Crippen LogP contribution is 2.61. The molecule has 3 amide bonds. The highest BCUT2D eigenvalue weighted by atomic mass is 16.5. The molecule has 6 rings (SSSR count). The number of carbonyl (C=O) groups excluding carboxylic acids is 4. The molecule has 2 saturated carbocycles. The quantitative estimate of drug-likeness (QED) is 0.324. The molecule has 1 heterocycles. The van der Waals surface area contributed by atoms with Crippen molar-refractivity contribution in [2.75, 3.05) is 31.0 Å². The number of esters is 1. The van der Waals surface area contributed by atoms with Crippen LogP contribution in [-0.2, 0) is 19.1 Å². The van der Waals surface area contributed by atoms with E-state index < -0.39 is 18.5 Å². The van der Waals surface area contributed by atoms with E-state index in [1.165, 1.54) is 36.8 Å². The van der Waals surface area contributed by atoms with Gasteiger partial charge >= 0.3 is 5.97 Å². The van der Waals surface area contributed by atoms with E-state index in [-0.39, 0.29) is 41.0 Å². The molecule has 1 aliphatic heterocycles. The Morgan fingerprint density at radius 3 is 2.32 bits per heavy atom. The van der Waals surface area contributed by atoms with Gasteiger partial charge in [0.2, 0.25) is 11.8 Å². The standard InChI is InChI=1S/C32H30N2O7/c1-39-22-12-13-25(26(16-22)40-2)33-27(35)17-41-32(38)19-8-10-21(11-9-19)34-30(36)28-20-14-23(18-6-4-3-5-7-18)24(15-20)29(28)31(34)37/h3-13,16,20,23-24,28-29H,14-15,17H2,1-2H3,(H,33,35)/t20-,23-,24+,28+,29-/m0/s1. The second-order valence-corrected chi connectivity index (χ2v) is 10.7. The summed E-state index contributed by atoms with van der Waals surface area (Å²) in [5.74, 6) is -0.513. The molecule has 3 aromatic rings. The number of hydrogen-bond acceptors (Lipinski definition) is 7. The predicted octanol–water partition coefficient (Wildman–Crippen LogP) is 4.43. The van der Waals surface area contributed by atoms with Crippen LogP contribution < -0.4 is 19.7 Å². The van der Waals surface area contributed by atoms with E-state index in [9.17, 15) is 19.2 Å². The molecule has 0 aromatic heterocycles. The van der Waals surface area contributed by atoms with E-state index in [2.05, 4.69) is 17.4 Å². The number of hydrogen-bond donors (Lipinski definition) is 1. The molecule has 2 bridgehead atoms. The van der Waals surface area contributed by atoms with E-state index in [0.29, 0.717) is 28.8 Å².